The maximum Gasteiger partial charge on any atom is 0.239 e. The SMILES string of the molecule is COc1cc2c(c(OC)c1OC)-c1ccc(NCC(=O)N[C@@H](CC(C)C)c3nnc4ccccn34)c(=O)cc1[C@H](NC(C)=O)CC2. The topological polar surface area (TPSA) is 145 Å². The van der Waals surface area contributed by atoms with Crippen LogP contribution in [0.4, 0.5) is 5.69 Å². The highest BCUT2D eigenvalue weighted by Crippen LogP contribution is 2.50. The predicted octanol–water partition coefficient (Wildman–Crippen LogP) is 4.22. The summed E-state index contributed by atoms with van der Waals surface area (Å²) in [5, 5.41) is 17.7. The summed E-state index contributed by atoms with van der Waals surface area (Å²) in [6, 6.07) is 11.7. The minimum atomic E-state index is -0.437. The fraction of sp³-hybridized carbons (Fsp3) is 0.382. The number of fused-ring (bicyclic) bond motifs is 4. The Labute approximate surface area is 267 Å². The fourth-order valence-electron chi connectivity index (χ4n) is 6.07. The molecule has 12 nitrogen and oxygen atoms in total. The van der Waals surface area contributed by atoms with Crippen LogP contribution in [0.2, 0.25) is 0 Å². The van der Waals surface area contributed by atoms with Gasteiger partial charge in [0.05, 0.1) is 45.6 Å². The summed E-state index contributed by atoms with van der Waals surface area (Å²) in [5.41, 5.74) is 3.62. The van der Waals surface area contributed by atoms with Crippen molar-refractivity contribution in [3.63, 3.8) is 0 Å². The van der Waals surface area contributed by atoms with Gasteiger partial charge in [-0.1, -0.05) is 26.0 Å². The van der Waals surface area contributed by atoms with Crippen molar-refractivity contribution in [2.45, 2.75) is 52.1 Å². The fourth-order valence-corrected chi connectivity index (χ4v) is 6.07. The number of anilines is 1. The molecule has 1 aliphatic rings. The third-order valence-corrected chi connectivity index (χ3v) is 8.05. The molecule has 12 heteroatoms. The van der Waals surface area contributed by atoms with Gasteiger partial charge >= 0.3 is 0 Å². The molecule has 242 valence electrons. The number of methoxy groups -OCH3 is 3. The van der Waals surface area contributed by atoms with E-state index in [1.54, 1.807) is 20.3 Å². The maximum atomic E-state index is 13.6. The van der Waals surface area contributed by atoms with Crippen LogP contribution in [0.25, 0.3) is 16.8 Å². The quantitative estimate of drug-likeness (QED) is 0.222. The van der Waals surface area contributed by atoms with Gasteiger partial charge in [0.1, 0.15) is 0 Å². The van der Waals surface area contributed by atoms with Gasteiger partial charge in [0.25, 0.3) is 0 Å². The van der Waals surface area contributed by atoms with E-state index in [-0.39, 0.29) is 41.4 Å². The Hall–Kier alpha value is -5.13. The maximum absolute atomic E-state index is 13.6. The molecule has 0 unspecified atom stereocenters. The molecule has 0 radical (unpaired) electrons. The van der Waals surface area contributed by atoms with Crippen LogP contribution in [0.1, 0.15) is 62.6 Å². The number of amides is 2. The average molecular weight is 629 g/mol. The molecule has 2 aromatic carbocycles. The van der Waals surface area contributed by atoms with Crippen molar-refractivity contribution in [3.8, 4) is 28.4 Å². The van der Waals surface area contributed by atoms with Gasteiger partial charge in [-0.15, -0.1) is 10.2 Å². The lowest BCUT2D eigenvalue weighted by molar-refractivity contribution is -0.120. The first kappa shape index (κ1) is 32.3. The second kappa shape index (κ2) is 13.9. The first-order valence-corrected chi connectivity index (χ1v) is 15.3. The highest BCUT2D eigenvalue weighted by Gasteiger charge is 2.29. The molecule has 0 aliphatic heterocycles. The minimum absolute atomic E-state index is 0.144. The third kappa shape index (κ3) is 6.60. The summed E-state index contributed by atoms with van der Waals surface area (Å²) in [6.07, 6.45) is 3.66. The number of rotatable bonds is 11. The monoisotopic (exact) mass is 628 g/mol. The molecule has 1 aliphatic carbocycles. The second-order valence-electron chi connectivity index (χ2n) is 11.7. The van der Waals surface area contributed by atoms with Crippen LogP contribution in [-0.2, 0) is 16.0 Å². The van der Waals surface area contributed by atoms with Crippen LogP contribution in [0.5, 0.6) is 17.2 Å². The van der Waals surface area contributed by atoms with Crippen LogP contribution < -0.4 is 35.6 Å². The molecule has 0 bridgehead atoms. The summed E-state index contributed by atoms with van der Waals surface area (Å²) in [5.74, 6) is 1.81. The molecule has 2 heterocycles. The van der Waals surface area contributed by atoms with Crippen LogP contribution in [-0.4, -0.2) is 54.3 Å². The number of hydrogen-bond acceptors (Lipinski definition) is 9. The number of hydrogen-bond donors (Lipinski definition) is 3. The number of carbonyl (C=O) groups excluding carboxylic acids is 2. The molecule has 46 heavy (non-hydrogen) atoms. The molecule has 0 saturated carbocycles. The van der Waals surface area contributed by atoms with Crippen molar-refractivity contribution in [1.82, 2.24) is 25.2 Å². The molecular weight excluding hydrogens is 588 g/mol. The molecule has 2 amide bonds. The molecule has 2 aromatic heterocycles. The minimum Gasteiger partial charge on any atom is -0.493 e. The van der Waals surface area contributed by atoms with Gasteiger partial charge in [-0.3, -0.25) is 18.8 Å². The number of carbonyl (C=O) groups is 2. The van der Waals surface area contributed by atoms with E-state index in [2.05, 4.69) is 40.0 Å². The van der Waals surface area contributed by atoms with E-state index in [9.17, 15) is 14.4 Å². The number of aryl methyl sites for hydroxylation is 1. The van der Waals surface area contributed by atoms with Crippen molar-refractivity contribution in [1.29, 1.82) is 0 Å². The number of ether oxygens (including phenoxy) is 3. The van der Waals surface area contributed by atoms with Gasteiger partial charge in [-0.05, 0) is 72.2 Å². The van der Waals surface area contributed by atoms with Gasteiger partial charge in [0.2, 0.25) is 23.0 Å². The molecule has 5 rings (SSSR count). The smallest absolute Gasteiger partial charge is 0.239 e. The number of nitrogens with zero attached hydrogens (tertiary/aromatic N) is 3. The van der Waals surface area contributed by atoms with E-state index in [0.717, 1.165) is 11.1 Å². The Morgan fingerprint density at radius 1 is 1.02 bits per heavy atom. The lowest BCUT2D eigenvalue weighted by atomic mass is 9.95. The summed E-state index contributed by atoms with van der Waals surface area (Å²) in [6.45, 7) is 5.46. The second-order valence-corrected chi connectivity index (χ2v) is 11.7. The normalized spacial score (nSPS) is 14.5. The molecule has 0 saturated heterocycles. The summed E-state index contributed by atoms with van der Waals surface area (Å²) < 4.78 is 19.0. The van der Waals surface area contributed by atoms with Crippen LogP contribution in [0.15, 0.2) is 53.5 Å². The Kier molecular flexibility index (Phi) is 9.74. The zero-order chi connectivity index (χ0) is 33.0. The number of aromatic nitrogens is 3. The van der Waals surface area contributed by atoms with Crippen LogP contribution in [0.3, 0.4) is 0 Å². The zero-order valence-corrected chi connectivity index (χ0v) is 27.0. The Morgan fingerprint density at radius 3 is 2.50 bits per heavy atom. The summed E-state index contributed by atoms with van der Waals surface area (Å²) in [4.78, 5) is 39.1. The van der Waals surface area contributed by atoms with E-state index >= 15 is 0 Å². The van der Waals surface area contributed by atoms with Gasteiger partial charge in [0, 0.05) is 18.7 Å². The van der Waals surface area contributed by atoms with Crippen molar-refractivity contribution in [3.05, 3.63) is 75.8 Å². The van der Waals surface area contributed by atoms with E-state index < -0.39 is 6.04 Å². The predicted molar refractivity (Wildman–Crippen MR) is 174 cm³/mol. The number of pyridine rings is 1. The zero-order valence-electron chi connectivity index (χ0n) is 27.0. The number of benzene rings is 1. The Morgan fingerprint density at radius 2 is 1.80 bits per heavy atom. The highest BCUT2D eigenvalue weighted by molar-refractivity contribution is 5.84. The van der Waals surface area contributed by atoms with Crippen molar-refractivity contribution >= 4 is 23.1 Å². The molecule has 0 fully saturated rings. The van der Waals surface area contributed by atoms with Crippen molar-refractivity contribution in [2.75, 3.05) is 33.2 Å². The Bertz CT molecular complexity index is 1820. The van der Waals surface area contributed by atoms with Gasteiger partial charge < -0.3 is 30.2 Å². The third-order valence-electron chi connectivity index (χ3n) is 8.05. The molecule has 4 aromatic rings. The first-order valence-electron chi connectivity index (χ1n) is 15.3. The molecule has 2 atom stereocenters. The number of nitrogens with one attached hydrogen (secondary N) is 3. The van der Waals surface area contributed by atoms with Gasteiger partial charge in [-0.2, -0.15) is 0 Å². The van der Waals surface area contributed by atoms with E-state index in [0.29, 0.717) is 59.1 Å². The van der Waals surface area contributed by atoms with E-state index in [4.69, 9.17) is 14.2 Å². The Balaban J connectivity index is 1.48. The first-order chi connectivity index (χ1) is 22.1. The van der Waals surface area contributed by atoms with Gasteiger partial charge in [0.15, 0.2) is 23.0 Å². The summed E-state index contributed by atoms with van der Waals surface area (Å²) in [7, 11) is 4.65. The molecule has 3 N–H and O–H groups in total. The van der Waals surface area contributed by atoms with E-state index in [1.165, 1.54) is 20.1 Å². The highest BCUT2D eigenvalue weighted by atomic mass is 16.5. The largest absolute Gasteiger partial charge is 0.493 e. The van der Waals surface area contributed by atoms with Crippen molar-refractivity contribution < 1.29 is 23.8 Å². The van der Waals surface area contributed by atoms with E-state index in [1.807, 2.05) is 40.9 Å². The molecule has 0 spiro atoms. The van der Waals surface area contributed by atoms with Crippen LogP contribution >= 0.6 is 0 Å². The van der Waals surface area contributed by atoms with Crippen molar-refractivity contribution in [2.24, 2.45) is 5.92 Å². The lowest BCUT2D eigenvalue weighted by Crippen LogP contribution is -2.35. The van der Waals surface area contributed by atoms with Gasteiger partial charge in [-0.25, -0.2) is 0 Å². The average Bonchev–Trinajstić information content (AvgIpc) is 3.32. The summed E-state index contributed by atoms with van der Waals surface area (Å²) >= 11 is 0. The standard InChI is InChI=1S/C34H40N6O6/c1-19(2)15-26(34-39-38-29-9-7-8-14-40(29)34)37-30(43)18-35-25-13-11-22-23(17-27(25)42)24(36-20(3)41)12-10-21-16-28(44-4)32(45-5)33(46-6)31(21)22/h7-9,11,13-14,16-17,19,24,26H,10,12,15,18H2,1-6H3,(H,35,42)(H,36,41)(H,37,43)/t24-,26+/m1/s1. The lowest BCUT2D eigenvalue weighted by Gasteiger charge is -2.19. The molecular formula is C34H40N6O6. The van der Waals surface area contributed by atoms with Crippen LogP contribution in [0, 0.1) is 5.92 Å².